The van der Waals surface area contributed by atoms with Gasteiger partial charge in [0.05, 0.1) is 14.3 Å². The van der Waals surface area contributed by atoms with Crippen molar-refractivity contribution in [2.24, 2.45) is 5.92 Å². The van der Waals surface area contributed by atoms with Gasteiger partial charge in [-0.15, -0.1) is 0 Å². The van der Waals surface area contributed by atoms with Crippen LogP contribution in [0.1, 0.15) is 0 Å². The molecule has 0 saturated carbocycles. The van der Waals surface area contributed by atoms with Crippen LogP contribution in [0.15, 0.2) is 84.5 Å². The molecule has 1 aliphatic rings. The van der Waals surface area contributed by atoms with Gasteiger partial charge in [-0.05, 0) is 34.5 Å². The zero-order valence-corrected chi connectivity index (χ0v) is 13.6. The largest absolute Gasteiger partial charge is 0.0864 e. The molecule has 0 aromatic heterocycles. The molecule has 3 rings (SSSR count). The van der Waals surface area contributed by atoms with Gasteiger partial charge in [-0.1, -0.05) is 84.7 Å². The first-order chi connectivity index (χ1) is 11.3. The molecule has 0 heterocycles. The van der Waals surface area contributed by atoms with Crippen molar-refractivity contribution in [1.82, 2.24) is 0 Å². The number of hydrogen-bond donors (Lipinski definition) is 0. The van der Waals surface area contributed by atoms with Crippen molar-refractivity contribution in [2.45, 2.75) is 0 Å². The minimum Gasteiger partial charge on any atom is -0.0770 e. The summed E-state index contributed by atoms with van der Waals surface area (Å²) < 4.78 is 0. The minimum atomic E-state index is -1.29. The Labute approximate surface area is 139 Å². The maximum Gasteiger partial charge on any atom is 0.0864 e. The molecule has 2 aromatic carbocycles. The first-order valence-electron chi connectivity index (χ1n) is 7.44. The Balaban J connectivity index is 2.35. The van der Waals surface area contributed by atoms with Crippen LogP contribution in [0, 0.1) is 30.6 Å². The summed E-state index contributed by atoms with van der Waals surface area (Å²) in [6, 6.07) is 20.7. The highest BCUT2D eigenvalue weighted by Gasteiger charge is 2.22. The number of hydrogen-bond acceptors (Lipinski definition) is 0. The summed E-state index contributed by atoms with van der Waals surface area (Å²) in [5, 5.41) is 3.57. The monoisotopic (exact) mass is 306 g/mol. The van der Waals surface area contributed by atoms with Crippen LogP contribution in [0.5, 0.6) is 0 Å². The number of benzene rings is 2. The van der Waals surface area contributed by atoms with Crippen molar-refractivity contribution in [3.8, 4) is 11.8 Å². The third-order valence-electron chi connectivity index (χ3n) is 3.85. The Kier molecular flexibility index (Phi) is 4.53. The summed E-state index contributed by atoms with van der Waals surface area (Å²) >= 11 is 0. The average Bonchev–Trinajstić information content (AvgIpc) is 2.64. The van der Waals surface area contributed by atoms with Crippen molar-refractivity contribution in [2.75, 3.05) is 0 Å². The van der Waals surface area contributed by atoms with E-state index in [0.29, 0.717) is 0 Å². The van der Waals surface area contributed by atoms with E-state index < -0.39 is 8.41 Å². The van der Waals surface area contributed by atoms with Gasteiger partial charge < -0.3 is 0 Å². The van der Waals surface area contributed by atoms with Crippen LogP contribution < -0.4 is 10.4 Å². The quantitative estimate of drug-likeness (QED) is 0.590. The van der Waals surface area contributed by atoms with Crippen molar-refractivity contribution < 1.29 is 0 Å². The molecule has 106 valence electrons. The van der Waals surface area contributed by atoms with Gasteiger partial charge in [-0.2, -0.15) is 0 Å². The first-order valence-corrected chi connectivity index (χ1v) is 8.94. The molecule has 23 heavy (non-hydrogen) atoms. The maximum atomic E-state index is 7.69. The van der Waals surface area contributed by atoms with E-state index in [1.165, 1.54) is 10.4 Å². The fourth-order valence-electron chi connectivity index (χ4n) is 2.82. The van der Waals surface area contributed by atoms with Crippen molar-refractivity contribution >= 4 is 24.0 Å². The normalized spacial score (nSPS) is 16.2. The van der Waals surface area contributed by atoms with E-state index in [0.717, 1.165) is 10.7 Å². The Morgan fingerprint density at radius 2 is 1.39 bits per heavy atom. The second-order valence-corrected chi connectivity index (χ2v) is 7.68. The van der Waals surface area contributed by atoms with E-state index in [9.17, 15) is 0 Å². The van der Waals surface area contributed by atoms with Crippen LogP contribution in [0.2, 0.25) is 0 Å². The van der Waals surface area contributed by atoms with Gasteiger partial charge in [0, 0.05) is 5.57 Å². The molecule has 0 saturated heterocycles. The Bertz CT molecular complexity index is 828. The summed E-state index contributed by atoms with van der Waals surface area (Å²) in [6.07, 6.45) is 21.1. The lowest BCUT2D eigenvalue weighted by Gasteiger charge is -2.21. The Morgan fingerprint density at radius 1 is 0.826 bits per heavy atom. The maximum absolute atomic E-state index is 7.69. The third-order valence-corrected chi connectivity index (χ3v) is 6.79. The van der Waals surface area contributed by atoms with E-state index in [4.69, 9.17) is 12.8 Å². The second-order valence-electron chi connectivity index (χ2n) is 5.23. The van der Waals surface area contributed by atoms with Gasteiger partial charge in [0.25, 0.3) is 0 Å². The second kappa shape index (κ2) is 6.92. The molecule has 1 atom stereocenters. The molecule has 1 heteroatoms. The van der Waals surface area contributed by atoms with Gasteiger partial charge >= 0.3 is 0 Å². The highest BCUT2D eigenvalue weighted by atomic mass is 28.2. The zero-order valence-electron chi connectivity index (χ0n) is 12.6. The zero-order chi connectivity index (χ0) is 16.1. The van der Waals surface area contributed by atoms with Crippen LogP contribution in [0.4, 0.5) is 0 Å². The van der Waals surface area contributed by atoms with E-state index in [1.807, 2.05) is 54.6 Å². The van der Waals surface area contributed by atoms with Gasteiger partial charge in [-0.25, -0.2) is 0 Å². The molecule has 0 aliphatic heterocycles. The average molecular weight is 306 g/mol. The molecule has 2 aromatic rings. The molecule has 2 radical (unpaired) electrons. The standard InChI is InChI=1S/C22H14Si/c1-3-18-12-11-13-19(4-2)22(18)23(20-14-7-5-8-15-20)21-16-9-6-10-17-21/h5-18H. The predicted octanol–water partition coefficient (Wildman–Crippen LogP) is 2.34. The van der Waals surface area contributed by atoms with Gasteiger partial charge in [-0.3, -0.25) is 0 Å². The molecule has 1 unspecified atom stereocenters. The lowest BCUT2D eigenvalue weighted by Crippen LogP contribution is -2.43. The molecular formula is C22H14Si. The summed E-state index contributed by atoms with van der Waals surface area (Å²) in [5.74, 6) is 5.00. The number of allylic oxidation sites excluding steroid dienone is 4. The Morgan fingerprint density at radius 3 is 1.87 bits per heavy atom. The van der Waals surface area contributed by atoms with Crippen LogP contribution in [0.3, 0.4) is 0 Å². The van der Waals surface area contributed by atoms with Crippen molar-refractivity contribution in [3.05, 3.63) is 97.3 Å². The molecule has 0 nitrogen and oxygen atoms in total. The summed E-state index contributed by atoms with van der Waals surface area (Å²) in [4.78, 5) is 0. The van der Waals surface area contributed by atoms with Gasteiger partial charge in [0.1, 0.15) is 0 Å². The molecule has 0 fully saturated rings. The summed E-state index contributed by atoms with van der Waals surface area (Å²) in [6.45, 7) is 0. The van der Waals surface area contributed by atoms with Gasteiger partial charge in [0.15, 0.2) is 0 Å². The van der Waals surface area contributed by atoms with E-state index in [-0.39, 0.29) is 5.92 Å². The lowest BCUT2D eigenvalue weighted by atomic mass is 9.95. The molecule has 0 bridgehead atoms. The lowest BCUT2D eigenvalue weighted by molar-refractivity contribution is 1.20. The van der Waals surface area contributed by atoms with Crippen LogP contribution >= 0.6 is 0 Å². The molecule has 0 N–H and O–H groups in total. The highest BCUT2D eigenvalue weighted by Crippen LogP contribution is 2.15. The van der Waals surface area contributed by atoms with Crippen molar-refractivity contribution in [3.63, 3.8) is 0 Å². The Hall–Kier alpha value is -2.87. The van der Waals surface area contributed by atoms with E-state index >= 15 is 0 Å². The third kappa shape index (κ3) is 3.02. The van der Waals surface area contributed by atoms with Gasteiger partial charge in [0.2, 0.25) is 0 Å². The molecule has 0 spiro atoms. The fraction of sp³-hybridized carbons (Fsp3) is 0.0455. The highest BCUT2D eigenvalue weighted by molar-refractivity contribution is 6.94. The first kappa shape index (κ1) is 15.0. The van der Waals surface area contributed by atoms with E-state index in [1.54, 1.807) is 0 Å². The topological polar surface area (TPSA) is 0 Å². The number of rotatable bonds is 2. The van der Waals surface area contributed by atoms with Crippen LogP contribution in [0.25, 0.3) is 0 Å². The minimum absolute atomic E-state index is 0.192. The van der Waals surface area contributed by atoms with Crippen LogP contribution in [-0.4, -0.2) is 13.6 Å². The molecular weight excluding hydrogens is 292 g/mol. The molecule has 0 amide bonds. The smallest absolute Gasteiger partial charge is 0.0770 e. The molecule has 1 aliphatic carbocycles. The SMILES string of the molecule is [C]#CC1=CC=CC(C#[C])C1=[Si](c1ccccc1)c1ccccc1. The predicted molar refractivity (Wildman–Crippen MR) is 97.9 cm³/mol. The summed E-state index contributed by atoms with van der Waals surface area (Å²) in [5.41, 5.74) is 0.777. The summed E-state index contributed by atoms with van der Waals surface area (Å²) in [7, 11) is -1.29. The van der Waals surface area contributed by atoms with Crippen molar-refractivity contribution in [1.29, 1.82) is 0 Å². The van der Waals surface area contributed by atoms with E-state index in [2.05, 4.69) is 36.1 Å². The fourth-order valence-corrected chi connectivity index (χ4v) is 5.72. The van der Waals surface area contributed by atoms with Crippen LogP contribution in [-0.2, 0) is 0 Å².